The van der Waals surface area contributed by atoms with Gasteiger partial charge >= 0.3 is 0 Å². The molecule has 0 bridgehead atoms. The van der Waals surface area contributed by atoms with Gasteiger partial charge < -0.3 is 9.64 Å². The SMILES string of the molecule is COc1ccc(F)c(-c2ccc(CCl)cc2C(C2CC2)N(C)C)c1. The third-order valence-electron chi connectivity index (χ3n) is 4.68. The molecule has 2 nitrogen and oxygen atoms in total. The largest absolute Gasteiger partial charge is 0.497 e. The molecule has 0 aliphatic heterocycles. The molecule has 0 N–H and O–H groups in total. The van der Waals surface area contributed by atoms with Crippen molar-refractivity contribution in [3.8, 4) is 16.9 Å². The van der Waals surface area contributed by atoms with Gasteiger partial charge in [0.25, 0.3) is 0 Å². The summed E-state index contributed by atoms with van der Waals surface area (Å²) >= 11 is 6.05. The first-order valence-electron chi connectivity index (χ1n) is 8.24. The van der Waals surface area contributed by atoms with E-state index in [2.05, 4.69) is 25.1 Å². The quantitative estimate of drug-likeness (QED) is 0.661. The second kappa shape index (κ2) is 7.12. The van der Waals surface area contributed by atoms with E-state index in [9.17, 15) is 4.39 Å². The summed E-state index contributed by atoms with van der Waals surface area (Å²) in [5.41, 5.74) is 3.71. The maximum Gasteiger partial charge on any atom is 0.131 e. The van der Waals surface area contributed by atoms with Gasteiger partial charge in [-0.1, -0.05) is 18.2 Å². The zero-order chi connectivity index (χ0) is 17.3. The molecule has 1 unspecified atom stereocenters. The molecule has 2 aromatic rings. The summed E-state index contributed by atoms with van der Waals surface area (Å²) in [7, 11) is 5.77. The third-order valence-corrected chi connectivity index (χ3v) is 4.99. The number of alkyl halides is 1. The van der Waals surface area contributed by atoms with Crippen molar-refractivity contribution < 1.29 is 9.13 Å². The van der Waals surface area contributed by atoms with Gasteiger partial charge in [0.1, 0.15) is 11.6 Å². The minimum atomic E-state index is -0.232. The molecule has 0 radical (unpaired) electrons. The Balaban J connectivity index is 2.17. The molecule has 0 saturated heterocycles. The molecule has 0 aromatic heterocycles. The summed E-state index contributed by atoms with van der Waals surface area (Å²) in [6.07, 6.45) is 2.43. The van der Waals surface area contributed by atoms with Gasteiger partial charge in [-0.2, -0.15) is 0 Å². The van der Waals surface area contributed by atoms with E-state index in [1.807, 2.05) is 12.1 Å². The van der Waals surface area contributed by atoms with Gasteiger partial charge in [-0.05, 0) is 67.7 Å². The highest BCUT2D eigenvalue weighted by Gasteiger charge is 2.35. The summed E-state index contributed by atoms with van der Waals surface area (Å²) in [6, 6.07) is 11.3. The number of rotatable bonds is 6. The number of methoxy groups -OCH3 is 1. The van der Waals surface area contributed by atoms with Crippen LogP contribution in [0.2, 0.25) is 0 Å². The van der Waals surface area contributed by atoms with Crippen LogP contribution in [0.4, 0.5) is 4.39 Å². The number of ether oxygens (including phenoxy) is 1. The number of hydrogen-bond donors (Lipinski definition) is 0. The molecular formula is C20H23ClFNO. The molecule has 0 spiro atoms. The van der Waals surface area contributed by atoms with Crippen LogP contribution in [-0.2, 0) is 5.88 Å². The van der Waals surface area contributed by atoms with E-state index < -0.39 is 0 Å². The van der Waals surface area contributed by atoms with Crippen molar-refractivity contribution in [2.24, 2.45) is 5.92 Å². The number of halogens is 2. The normalized spacial score (nSPS) is 15.6. The van der Waals surface area contributed by atoms with Crippen LogP contribution >= 0.6 is 11.6 Å². The minimum absolute atomic E-state index is 0.232. The number of benzene rings is 2. The van der Waals surface area contributed by atoms with E-state index in [1.165, 1.54) is 18.9 Å². The van der Waals surface area contributed by atoms with E-state index in [1.54, 1.807) is 19.2 Å². The molecule has 24 heavy (non-hydrogen) atoms. The van der Waals surface area contributed by atoms with Crippen LogP contribution in [-0.4, -0.2) is 26.1 Å². The van der Waals surface area contributed by atoms with Gasteiger partial charge in [0.05, 0.1) is 7.11 Å². The predicted octanol–water partition coefficient (Wildman–Crippen LogP) is 5.25. The van der Waals surface area contributed by atoms with Crippen LogP contribution in [0.25, 0.3) is 11.1 Å². The monoisotopic (exact) mass is 347 g/mol. The first kappa shape index (κ1) is 17.2. The third kappa shape index (κ3) is 3.42. The zero-order valence-electron chi connectivity index (χ0n) is 14.4. The molecule has 1 aliphatic carbocycles. The van der Waals surface area contributed by atoms with Crippen LogP contribution in [0.15, 0.2) is 36.4 Å². The first-order chi connectivity index (χ1) is 11.5. The highest BCUT2D eigenvalue weighted by Crippen LogP contribution is 2.47. The Morgan fingerprint density at radius 1 is 1.17 bits per heavy atom. The molecule has 1 atom stereocenters. The highest BCUT2D eigenvalue weighted by atomic mass is 35.5. The maximum absolute atomic E-state index is 14.5. The van der Waals surface area contributed by atoms with Crippen molar-refractivity contribution >= 4 is 11.6 Å². The van der Waals surface area contributed by atoms with Crippen LogP contribution in [0.3, 0.4) is 0 Å². The second-order valence-corrected chi connectivity index (χ2v) is 6.91. The molecule has 1 fully saturated rings. The van der Waals surface area contributed by atoms with Gasteiger partial charge in [-0.3, -0.25) is 0 Å². The topological polar surface area (TPSA) is 12.5 Å². The summed E-state index contributed by atoms with van der Waals surface area (Å²) in [4.78, 5) is 2.23. The standard InChI is InChI=1S/C20H23ClFNO/c1-23(2)20(14-5-6-14)18-10-13(12-21)4-8-16(18)17-11-15(24-3)7-9-19(17)22/h4,7-11,14,20H,5-6,12H2,1-3H3. The van der Waals surface area contributed by atoms with E-state index in [-0.39, 0.29) is 11.9 Å². The van der Waals surface area contributed by atoms with Crippen LogP contribution < -0.4 is 4.74 Å². The lowest BCUT2D eigenvalue weighted by molar-refractivity contribution is 0.270. The lowest BCUT2D eigenvalue weighted by Gasteiger charge is -2.28. The lowest BCUT2D eigenvalue weighted by atomic mass is 9.90. The lowest BCUT2D eigenvalue weighted by Crippen LogP contribution is -2.22. The van der Waals surface area contributed by atoms with Crippen LogP contribution in [0.5, 0.6) is 5.75 Å². The summed E-state index contributed by atoms with van der Waals surface area (Å²) < 4.78 is 19.8. The summed E-state index contributed by atoms with van der Waals surface area (Å²) in [5, 5.41) is 0. The molecule has 1 aliphatic rings. The predicted molar refractivity (Wildman–Crippen MR) is 97.1 cm³/mol. The van der Waals surface area contributed by atoms with Gasteiger partial charge in [-0.25, -0.2) is 4.39 Å². The van der Waals surface area contributed by atoms with Crippen molar-refractivity contribution in [1.82, 2.24) is 4.90 Å². The van der Waals surface area contributed by atoms with Gasteiger partial charge in [0.15, 0.2) is 0 Å². The van der Waals surface area contributed by atoms with Crippen molar-refractivity contribution in [2.45, 2.75) is 24.8 Å². The number of nitrogens with zero attached hydrogens (tertiary/aromatic N) is 1. The maximum atomic E-state index is 14.5. The molecule has 0 heterocycles. The first-order valence-corrected chi connectivity index (χ1v) is 8.77. The molecule has 2 aromatic carbocycles. The van der Waals surface area contributed by atoms with Gasteiger partial charge in [-0.15, -0.1) is 11.6 Å². The van der Waals surface area contributed by atoms with Crippen molar-refractivity contribution in [2.75, 3.05) is 21.2 Å². The van der Waals surface area contributed by atoms with E-state index >= 15 is 0 Å². The smallest absolute Gasteiger partial charge is 0.131 e. The van der Waals surface area contributed by atoms with Gasteiger partial charge in [0.2, 0.25) is 0 Å². The second-order valence-electron chi connectivity index (χ2n) is 6.65. The van der Waals surface area contributed by atoms with Crippen molar-refractivity contribution in [3.05, 3.63) is 53.3 Å². The van der Waals surface area contributed by atoms with Crippen molar-refractivity contribution in [1.29, 1.82) is 0 Å². The van der Waals surface area contributed by atoms with E-state index in [0.29, 0.717) is 23.1 Å². The Labute approximate surface area is 148 Å². The average Bonchev–Trinajstić information content (AvgIpc) is 3.40. The van der Waals surface area contributed by atoms with Crippen LogP contribution in [0, 0.1) is 11.7 Å². The fraction of sp³-hybridized carbons (Fsp3) is 0.400. The molecule has 0 amide bonds. The Morgan fingerprint density at radius 3 is 2.50 bits per heavy atom. The fourth-order valence-corrected chi connectivity index (χ4v) is 3.56. The summed E-state index contributed by atoms with van der Waals surface area (Å²) in [5.74, 6) is 1.51. The van der Waals surface area contributed by atoms with Crippen LogP contribution in [0.1, 0.15) is 30.0 Å². The minimum Gasteiger partial charge on any atom is -0.497 e. The molecule has 3 rings (SSSR count). The molecule has 4 heteroatoms. The highest BCUT2D eigenvalue weighted by molar-refractivity contribution is 6.17. The van der Waals surface area contributed by atoms with Crippen molar-refractivity contribution in [3.63, 3.8) is 0 Å². The average molecular weight is 348 g/mol. The molecular weight excluding hydrogens is 325 g/mol. The van der Waals surface area contributed by atoms with E-state index in [0.717, 1.165) is 16.7 Å². The Morgan fingerprint density at radius 2 is 1.92 bits per heavy atom. The fourth-order valence-electron chi connectivity index (χ4n) is 3.39. The Bertz CT molecular complexity index is 726. The Hall–Kier alpha value is -1.58. The molecule has 1 saturated carbocycles. The zero-order valence-corrected chi connectivity index (χ0v) is 15.1. The number of hydrogen-bond acceptors (Lipinski definition) is 2. The molecule has 128 valence electrons. The van der Waals surface area contributed by atoms with E-state index in [4.69, 9.17) is 16.3 Å². The van der Waals surface area contributed by atoms with Gasteiger partial charge in [0, 0.05) is 17.5 Å². The Kier molecular flexibility index (Phi) is 5.12. The summed E-state index contributed by atoms with van der Waals surface area (Å²) in [6.45, 7) is 0.